The smallest absolute Gasteiger partial charge is 0.311 e. The SMILES string of the molecule is CC(O)CCOc1c(C(N)=O)cccc1[N+](=O)[O-]. The maximum atomic E-state index is 11.2. The topological polar surface area (TPSA) is 116 Å². The lowest BCUT2D eigenvalue weighted by atomic mass is 10.1. The zero-order valence-electron chi connectivity index (χ0n) is 9.83. The first kappa shape index (κ1) is 13.9. The number of nitrogens with two attached hydrogens (primary N) is 1. The summed E-state index contributed by atoms with van der Waals surface area (Å²) in [4.78, 5) is 21.3. The van der Waals surface area contributed by atoms with Crippen LogP contribution in [0.3, 0.4) is 0 Å². The fourth-order valence-electron chi connectivity index (χ4n) is 1.35. The fourth-order valence-corrected chi connectivity index (χ4v) is 1.35. The molecule has 0 fully saturated rings. The van der Waals surface area contributed by atoms with Crippen LogP contribution >= 0.6 is 0 Å². The van der Waals surface area contributed by atoms with E-state index in [0.717, 1.165) is 0 Å². The van der Waals surface area contributed by atoms with Crippen molar-refractivity contribution in [3.8, 4) is 5.75 Å². The molecule has 1 atom stereocenters. The van der Waals surface area contributed by atoms with Crippen molar-refractivity contribution >= 4 is 11.6 Å². The number of nitrogens with zero attached hydrogens (tertiary/aromatic N) is 1. The molecule has 18 heavy (non-hydrogen) atoms. The van der Waals surface area contributed by atoms with Crippen LogP contribution in [0.1, 0.15) is 23.7 Å². The van der Waals surface area contributed by atoms with E-state index < -0.39 is 16.9 Å². The van der Waals surface area contributed by atoms with Crippen molar-refractivity contribution in [2.24, 2.45) is 5.73 Å². The maximum absolute atomic E-state index is 11.2. The Balaban J connectivity index is 3.03. The number of primary amides is 1. The number of rotatable bonds is 6. The van der Waals surface area contributed by atoms with Gasteiger partial charge < -0.3 is 15.6 Å². The first-order chi connectivity index (χ1) is 8.43. The number of carbonyl (C=O) groups is 1. The normalized spacial score (nSPS) is 11.9. The number of aliphatic hydroxyl groups is 1. The molecule has 0 bridgehead atoms. The van der Waals surface area contributed by atoms with E-state index in [1.165, 1.54) is 18.2 Å². The van der Waals surface area contributed by atoms with Crippen LogP contribution in [0, 0.1) is 10.1 Å². The molecule has 0 spiro atoms. The van der Waals surface area contributed by atoms with Gasteiger partial charge in [0.25, 0.3) is 5.91 Å². The molecule has 7 heteroatoms. The third-order valence-electron chi connectivity index (χ3n) is 2.24. The summed E-state index contributed by atoms with van der Waals surface area (Å²) in [6.07, 6.45) is -0.297. The molecule has 1 amide bonds. The lowest BCUT2D eigenvalue weighted by Gasteiger charge is -2.10. The quantitative estimate of drug-likeness (QED) is 0.576. The number of benzene rings is 1. The number of hydrogen-bond acceptors (Lipinski definition) is 5. The number of carbonyl (C=O) groups excluding carboxylic acids is 1. The second kappa shape index (κ2) is 5.97. The van der Waals surface area contributed by atoms with Crippen LogP contribution in [-0.4, -0.2) is 28.6 Å². The predicted molar refractivity (Wildman–Crippen MR) is 63.4 cm³/mol. The van der Waals surface area contributed by atoms with Gasteiger partial charge in [0, 0.05) is 12.5 Å². The molecule has 0 aliphatic rings. The van der Waals surface area contributed by atoms with Crippen molar-refractivity contribution < 1.29 is 19.6 Å². The Hall–Kier alpha value is -2.15. The first-order valence-electron chi connectivity index (χ1n) is 5.31. The van der Waals surface area contributed by atoms with Gasteiger partial charge in [-0.15, -0.1) is 0 Å². The standard InChI is InChI=1S/C11H14N2O5/c1-7(14)5-6-18-10-8(11(12)15)3-2-4-9(10)13(16)17/h2-4,7,14H,5-6H2,1H3,(H2,12,15). The summed E-state index contributed by atoms with van der Waals surface area (Å²) >= 11 is 0. The lowest BCUT2D eigenvalue weighted by molar-refractivity contribution is -0.385. The highest BCUT2D eigenvalue weighted by Gasteiger charge is 2.21. The molecule has 3 N–H and O–H groups in total. The van der Waals surface area contributed by atoms with Gasteiger partial charge in [-0.25, -0.2) is 0 Å². The minimum absolute atomic E-state index is 0.0465. The number of hydrogen-bond donors (Lipinski definition) is 2. The van der Waals surface area contributed by atoms with Crippen LogP contribution in [0.25, 0.3) is 0 Å². The van der Waals surface area contributed by atoms with Crippen LogP contribution in [0.2, 0.25) is 0 Å². The summed E-state index contributed by atoms with van der Waals surface area (Å²) in [7, 11) is 0. The average Bonchev–Trinajstić information content (AvgIpc) is 2.28. The van der Waals surface area contributed by atoms with E-state index in [1.54, 1.807) is 6.92 Å². The van der Waals surface area contributed by atoms with Gasteiger partial charge in [-0.2, -0.15) is 0 Å². The van der Waals surface area contributed by atoms with E-state index in [4.69, 9.17) is 15.6 Å². The van der Waals surface area contributed by atoms with Crippen molar-refractivity contribution in [3.63, 3.8) is 0 Å². The largest absolute Gasteiger partial charge is 0.486 e. The number of amides is 1. The molecular weight excluding hydrogens is 240 g/mol. The summed E-state index contributed by atoms with van der Waals surface area (Å²) in [6.45, 7) is 1.63. The molecule has 0 aliphatic heterocycles. The zero-order chi connectivity index (χ0) is 13.7. The molecule has 0 heterocycles. The van der Waals surface area contributed by atoms with Crippen LogP contribution in [0.15, 0.2) is 18.2 Å². The van der Waals surface area contributed by atoms with Crippen LogP contribution in [0.4, 0.5) is 5.69 Å². The number of aliphatic hydroxyl groups excluding tert-OH is 1. The van der Waals surface area contributed by atoms with Gasteiger partial charge >= 0.3 is 5.69 Å². The minimum Gasteiger partial charge on any atom is -0.486 e. The Morgan fingerprint density at radius 2 is 2.28 bits per heavy atom. The summed E-state index contributed by atoms with van der Waals surface area (Å²) < 4.78 is 5.20. The fraction of sp³-hybridized carbons (Fsp3) is 0.364. The molecule has 0 saturated heterocycles. The molecule has 0 saturated carbocycles. The first-order valence-corrected chi connectivity index (χ1v) is 5.31. The second-order valence-corrected chi connectivity index (χ2v) is 3.76. The predicted octanol–water partition coefficient (Wildman–Crippen LogP) is 0.843. The molecule has 98 valence electrons. The van der Waals surface area contributed by atoms with Gasteiger partial charge in [-0.3, -0.25) is 14.9 Å². The average molecular weight is 254 g/mol. The van der Waals surface area contributed by atoms with Crippen LogP contribution < -0.4 is 10.5 Å². The number of nitro benzene ring substituents is 1. The second-order valence-electron chi connectivity index (χ2n) is 3.76. The Kier molecular flexibility index (Phi) is 4.61. The molecule has 1 aromatic carbocycles. The van der Waals surface area contributed by atoms with Crippen molar-refractivity contribution in [1.29, 1.82) is 0 Å². The molecule has 7 nitrogen and oxygen atoms in total. The number of nitro groups is 1. The lowest BCUT2D eigenvalue weighted by Crippen LogP contribution is -2.15. The summed E-state index contributed by atoms with van der Waals surface area (Å²) in [6, 6.07) is 3.94. The van der Waals surface area contributed by atoms with Crippen LogP contribution in [-0.2, 0) is 0 Å². The van der Waals surface area contributed by atoms with E-state index in [0.29, 0.717) is 6.42 Å². The van der Waals surface area contributed by atoms with Gasteiger partial charge in [0.2, 0.25) is 5.75 Å². The van der Waals surface area contributed by atoms with E-state index in [-0.39, 0.29) is 23.6 Å². The monoisotopic (exact) mass is 254 g/mol. The van der Waals surface area contributed by atoms with Gasteiger partial charge in [-0.05, 0) is 13.0 Å². The molecule has 1 rings (SSSR count). The van der Waals surface area contributed by atoms with Gasteiger partial charge in [0.15, 0.2) is 0 Å². The summed E-state index contributed by atoms with van der Waals surface area (Å²) in [5.74, 6) is -0.957. The summed E-state index contributed by atoms with van der Waals surface area (Å²) in [5.41, 5.74) is 4.76. The van der Waals surface area contributed by atoms with Gasteiger partial charge in [0.05, 0.1) is 23.2 Å². The van der Waals surface area contributed by atoms with E-state index in [2.05, 4.69) is 0 Å². The zero-order valence-corrected chi connectivity index (χ0v) is 9.83. The van der Waals surface area contributed by atoms with Crippen molar-refractivity contribution in [2.45, 2.75) is 19.4 Å². The van der Waals surface area contributed by atoms with E-state index >= 15 is 0 Å². The Bertz CT molecular complexity index is 426. The summed E-state index contributed by atoms with van der Waals surface area (Å²) in [5, 5.41) is 19.9. The Morgan fingerprint density at radius 3 is 2.78 bits per heavy atom. The molecule has 1 unspecified atom stereocenters. The van der Waals surface area contributed by atoms with Crippen molar-refractivity contribution in [3.05, 3.63) is 33.9 Å². The minimum atomic E-state index is -0.800. The third-order valence-corrected chi connectivity index (χ3v) is 2.24. The Labute approximate surface area is 103 Å². The van der Waals surface area contributed by atoms with E-state index in [9.17, 15) is 14.9 Å². The van der Waals surface area contributed by atoms with Gasteiger partial charge in [0.1, 0.15) is 0 Å². The van der Waals surface area contributed by atoms with Crippen LogP contribution in [0.5, 0.6) is 5.75 Å². The molecule has 0 radical (unpaired) electrons. The van der Waals surface area contributed by atoms with E-state index in [1.807, 2.05) is 0 Å². The highest BCUT2D eigenvalue weighted by molar-refractivity contribution is 5.97. The number of para-hydroxylation sites is 1. The maximum Gasteiger partial charge on any atom is 0.311 e. The molecular formula is C11H14N2O5. The van der Waals surface area contributed by atoms with Crippen molar-refractivity contribution in [1.82, 2.24) is 0 Å². The van der Waals surface area contributed by atoms with Gasteiger partial charge in [-0.1, -0.05) is 6.07 Å². The van der Waals surface area contributed by atoms with Crippen molar-refractivity contribution in [2.75, 3.05) is 6.61 Å². The number of ether oxygens (including phenoxy) is 1. The highest BCUT2D eigenvalue weighted by Crippen LogP contribution is 2.30. The molecule has 0 aromatic heterocycles. The molecule has 1 aromatic rings. The Morgan fingerprint density at radius 1 is 1.61 bits per heavy atom. The third kappa shape index (κ3) is 3.42. The highest BCUT2D eigenvalue weighted by atomic mass is 16.6. The molecule has 0 aliphatic carbocycles.